The van der Waals surface area contributed by atoms with Crippen LogP contribution in [0.2, 0.25) is 0 Å². The molecule has 1 aliphatic heterocycles. The molecule has 2 aliphatic rings. The van der Waals surface area contributed by atoms with Gasteiger partial charge in [-0.05, 0) is 44.0 Å². The van der Waals surface area contributed by atoms with Gasteiger partial charge in [0.1, 0.15) is 0 Å². The van der Waals surface area contributed by atoms with E-state index in [1.165, 1.54) is 16.5 Å². The van der Waals surface area contributed by atoms with Gasteiger partial charge in [-0.2, -0.15) is 0 Å². The molecule has 3 N–H and O–H groups in total. The van der Waals surface area contributed by atoms with Gasteiger partial charge in [0, 0.05) is 41.0 Å². The van der Waals surface area contributed by atoms with Crippen molar-refractivity contribution in [1.82, 2.24) is 9.88 Å². The van der Waals surface area contributed by atoms with Crippen LogP contribution in [0.1, 0.15) is 48.9 Å². The molecule has 2 aromatic rings. The number of H-pyrrole nitrogens is 1. The largest absolute Gasteiger partial charge is 0.481 e. The van der Waals surface area contributed by atoms with Crippen molar-refractivity contribution >= 4 is 16.9 Å². The SMILES string of the molecule is CC(O)C(C)c1[nH]c2cccc3c2c1C[C@@H]1C3C[C@@H](C(=O)O)CN1C. The van der Waals surface area contributed by atoms with Gasteiger partial charge >= 0.3 is 5.97 Å². The minimum Gasteiger partial charge on any atom is -0.481 e. The third kappa shape index (κ3) is 2.49. The van der Waals surface area contributed by atoms with Gasteiger partial charge in [-0.15, -0.1) is 0 Å². The average Bonchev–Trinajstić information content (AvgIpc) is 2.94. The highest BCUT2D eigenvalue weighted by Crippen LogP contribution is 2.46. The number of aliphatic carboxylic acids is 1. The molecule has 5 heteroatoms. The predicted molar refractivity (Wildman–Crippen MR) is 97.0 cm³/mol. The molecular formula is C20H26N2O3. The number of nitrogens with zero attached hydrogens (tertiary/aromatic N) is 1. The molecule has 1 aromatic carbocycles. The number of piperidine rings is 1. The minimum absolute atomic E-state index is 0.0486. The average molecular weight is 342 g/mol. The first-order chi connectivity index (χ1) is 11.9. The summed E-state index contributed by atoms with van der Waals surface area (Å²) in [5.41, 5.74) is 4.81. The zero-order valence-corrected chi connectivity index (χ0v) is 15.0. The number of aromatic amines is 1. The molecule has 5 atom stereocenters. The highest BCUT2D eigenvalue weighted by atomic mass is 16.4. The summed E-state index contributed by atoms with van der Waals surface area (Å²) in [5, 5.41) is 20.9. The Bertz CT molecular complexity index is 826. The molecule has 25 heavy (non-hydrogen) atoms. The summed E-state index contributed by atoms with van der Waals surface area (Å²) in [6, 6.07) is 6.62. The van der Waals surface area contributed by atoms with E-state index in [1.807, 2.05) is 14.0 Å². The number of likely N-dealkylation sites (N-methyl/N-ethyl adjacent to an activating group) is 1. The lowest BCUT2D eigenvalue weighted by molar-refractivity contribution is -0.144. The first kappa shape index (κ1) is 16.6. The third-order valence-corrected chi connectivity index (χ3v) is 6.41. The van der Waals surface area contributed by atoms with Crippen LogP contribution in [0.3, 0.4) is 0 Å². The molecule has 2 heterocycles. The first-order valence-electron chi connectivity index (χ1n) is 9.13. The molecule has 0 radical (unpaired) electrons. The van der Waals surface area contributed by atoms with Crippen LogP contribution in [-0.2, 0) is 11.2 Å². The molecule has 3 unspecified atom stereocenters. The van der Waals surface area contributed by atoms with E-state index < -0.39 is 12.1 Å². The Balaban J connectivity index is 1.86. The lowest BCUT2D eigenvalue weighted by Gasteiger charge is -2.44. The molecule has 0 spiro atoms. The molecule has 0 amide bonds. The van der Waals surface area contributed by atoms with Gasteiger partial charge in [-0.25, -0.2) is 0 Å². The molecule has 1 saturated heterocycles. The van der Waals surface area contributed by atoms with Gasteiger partial charge in [-0.3, -0.25) is 4.79 Å². The van der Waals surface area contributed by atoms with Crippen molar-refractivity contribution in [2.45, 2.75) is 50.7 Å². The van der Waals surface area contributed by atoms with E-state index in [2.05, 4.69) is 35.0 Å². The number of aliphatic hydroxyl groups is 1. The molecule has 4 rings (SSSR count). The molecule has 0 saturated carbocycles. The number of benzene rings is 1. The van der Waals surface area contributed by atoms with Gasteiger partial charge in [-0.1, -0.05) is 19.1 Å². The normalized spacial score (nSPS) is 28.6. The van der Waals surface area contributed by atoms with Crippen LogP contribution in [0.4, 0.5) is 0 Å². The van der Waals surface area contributed by atoms with E-state index in [0.29, 0.717) is 19.0 Å². The second-order valence-corrected chi connectivity index (χ2v) is 7.90. The quantitative estimate of drug-likeness (QED) is 0.801. The van der Waals surface area contributed by atoms with Gasteiger partial charge in [0.05, 0.1) is 12.0 Å². The zero-order chi connectivity index (χ0) is 17.9. The molecule has 1 aliphatic carbocycles. The van der Waals surface area contributed by atoms with Gasteiger partial charge < -0.3 is 20.1 Å². The Kier molecular flexibility index (Phi) is 3.89. The van der Waals surface area contributed by atoms with Crippen LogP contribution in [0.5, 0.6) is 0 Å². The van der Waals surface area contributed by atoms with E-state index in [-0.39, 0.29) is 17.8 Å². The Morgan fingerprint density at radius 2 is 2.12 bits per heavy atom. The second kappa shape index (κ2) is 5.85. The summed E-state index contributed by atoms with van der Waals surface area (Å²) in [5.74, 6) is -0.701. The lowest BCUT2D eigenvalue weighted by Crippen LogP contribution is -2.49. The molecule has 134 valence electrons. The number of hydrogen-bond acceptors (Lipinski definition) is 3. The van der Waals surface area contributed by atoms with Crippen molar-refractivity contribution in [1.29, 1.82) is 0 Å². The van der Waals surface area contributed by atoms with E-state index in [4.69, 9.17) is 0 Å². The Hall–Kier alpha value is -1.85. The van der Waals surface area contributed by atoms with Crippen molar-refractivity contribution in [2.24, 2.45) is 5.92 Å². The highest BCUT2D eigenvalue weighted by molar-refractivity contribution is 5.90. The van der Waals surface area contributed by atoms with Crippen molar-refractivity contribution in [3.05, 3.63) is 35.0 Å². The number of likely N-dealkylation sites (tertiary alicyclic amines) is 1. The fourth-order valence-corrected chi connectivity index (χ4v) is 4.87. The number of aromatic nitrogens is 1. The fourth-order valence-electron chi connectivity index (χ4n) is 4.87. The summed E-state index contributed by atoms with van der Waals surface area (Å²) in [7, 11) is 2.04. The number of aliphatic hydroxyl groups excluding tert-OH is 1. The van der Waals surface area contributed by atoms with Gasteiger partial charge in [0.25, 0.3) is 0 Å². The topological polar surface area (TPSA) is 76.6 Å². The molecule has 0 bridgehead atoms. The maximum atomic E-state index is 11.6. The van der Waals surface area contributed by atoms with Crippen LogP contribution in [0, 0.1) is 5.92 Å². The fraction of sp³-hybridized carbons (Fsp3) is 0.550. The van der Waals surface area contributed by atoms with Crippen molar-refractivity contribution in [2.75, 3.05) is 13.6 Å². The third-order valence-electron chi connectivity index (χ3n) is 6.41. The van der Waals surface area contributed by atoms with Crippen molar-refractivity contribution in [3.8, 4) is 0 Å². The summed E-state index contributed by atoms with van der Waals surface area (Å²) in [4.78, 5) is 17.3. The van der Waals surface area contributed by atoms with Crippen LogP contribution in [0.25, 0.3) is 10.9 Å². The standard InChI is InChI=1S/C20H26N2O3/c1-10(11(2)23)19-15-8-17-14(7-12(20(24)25)9-22(17)3)13-5-4-6-16(21-19)18(13)15/h4-6,10-12,14,17,21,23H,7-9H2,1-3H3,(H,24,25)/t10?,11?,12-,14?,17-/m1/s1. The number of carbonyl (C=O) groups is 1. The minimum atomic E-state index is -0.694. The maximum Gasteiger partial charge on any atom is 0.307 e. The van der Waals surface area contributed by atoms with Gasteiger partial charge in [0.15, 0.2) is 0 Å². The summed E-state index contributed by atoms with van der Waals surface area (Å²) >= 11 is 0. The summed E-state index contributed by atoms with van der Waals surface area (Å²) in [6.07, 6.45) is 1.21. The van der Waals surface area contributed by atoms with Crippen LogP contribution in [-0.4, -0.2) is 51.8 Å². The Labute approximate surface area is 147 Å². The van der Waals surface area contributed by atoms with Crippen molar-refractivity contribution in [3.63, 3.8) is 0 Å². The summed E-state index contributed by atoms with van der Waals surface area (Å²) in [6.45, 7) is 4.50. The van der Waals surface area contributed by atoms with E-state index in [9.17, 15) is 15.0 Å². The summed E-state index contributed by atoms with van der Waals surface area (Å²) < 4.78 is 0. The van der Waals surface area contributed by atoms with Gasteiger partial charge in [0.2, 0.25) is 0 Å². The number of hydrogen-bond donors (Lipinski definition) is 3. The highest BCUT2D eigenvalue weighted by Gasteiger charge is 2.42. The van der Waals surface area contributed by atoms with E-state index in [1.54, 1.807) is 0 Å². The van der Waals surface area contributed by atoms with E-state index in [0.717, 1.165) is 17.6 Å². The van der Waals surface area contributed by atoms with Crippen LogP contribution >= 0.6 is 0 Å². The molecule has 1 aromatic heterocycles. The van der Waals surface area contributed by atoms with Crippen LogP contribution in [0.15, 0.2) is 18.2 Å². The van der Waals surface area contributed by atoms with Crippen LogP contribution < -0.4 is 0 Å². The molecule has 5 nitrogen and oxygen atoms in total. The number of fused-ring (bicyclic) bond motifs is 2. The maximum absolute atomic E-state index is 11.6. The predicted octanol–water partition coefficient (Wildman–Crippen LogP) is 2.70. The second-order valence-electron chi connectivity index (χ2n) is 7.90. The molecular weight excluding hydrogens is 316 g/mol. The van der Waals surface area contributed by atoms with Crippen molar-refractivity contribution < 1.29 is 15.0 Å². The Morgan fingerprint density at radius 3 is 2.80 bits per heavy atom. The smallest absolute Gasteiger partial charge is 0.307 e. The number of rotatable bonds is 3. The number of nitrogens with one attached hydrogen (secondary N) is 1. The molecule has 1 fully saturated rings. The monoisotopic (exact) mass is 342 g/mol. The Morgan fingerprint density at radius 1 is 1.36 bits per heavy atom. The first-order valence-corrected chi connectivity index (χ1v) is 9.13. The zero-order valence-electron chi connectivity index (χ0n) is 15.0. The number of carboxylic acids is 1. The van der Waals surface area contributed by atoms with E-state index >= 15 is 0 Å². The lowest BCUT2D eigenvalue weighted by atomic mass is 9.71. The number of carboxylic acid groups (broad SMARTS) is 1.